The van der Waals surface area contributed by atoms with Gasteiger partial charge in [-0.15, -0.1) is 5.10 Å². The van der Waals surface area contributed by atoms with Crippen LogP contribution in [0.5, 0.6) is 0 Å². The number of benzene rings is 1. The zero-order valence-corrected chi connectivity index (χ0v) is 12.4. The smallest absolute Gasteiger partial charge is 0.0894 e. The summed E-state index contributed by atoms with van der Waals surface area (Å²) in [6.07, 6.45) is 5.55. The van der Waals surface area contributed by atoms with Gasteiger partial charge >= 0.3 is 0 Å². The molecule has 6 nitrogen and oxygen atoms in total. The number of rotatable bonds is 4. The standard InChI is InChI=1S/C15H18N6/c1-11(13-10-20(3)18-12(13)2)17-14-6-4-5-7-15(14)21-9-8-16-19-21/h4-11,17H,1-3H3. The van der Waals surface area contributed by atoms with Gasteiger partial charge in [-0.3, -0.25) is 4.68 Å². The van der Waals surface area contributed by atoms with Crippen LogP contribution in [0.25, 0.3) is 5.69 Å². The second-order valence-electron chi connectivity index (χ2n) is 5.07. The van der Waals surface area contributed by atoms with Crippen molar-refractivity contribution in [2.75, 3.05) is 5.32 Å². The molecular weight excluding hydrogens is 264 g/mol. The van der Waals surface area contributed by atoms with Crippen LogP contribution in [-0.2, 0) is 7.05 Å². The summed E-state index contributed by atoms with van der Waals surface area (Å²) in [4.78, 5) is 0. The molecule has 0 aliphatic heterocycles. The molecule has 1 N–H and O–H groups in total. The van der Waals surface area contributed by atoms with E-state index in [-0.39, 0.29) is 6.04 Å². The lowest BCUT2D eigenvalue weighted by atomic mass is 10.1. The number of aryl methyl sites for hydroxylation is 2. The van der Waals surface area contributed by atoms with Crippen LogP contribution >= 0.6 is 0 Å². The number of anilines is 1. The molecule has 0 spiro atoms. The fourth-order valence-corrected chi connectivity index (χ4v) is 2.49. The summed E-state index contributed by atoms with van der Waals surface area (Å²) in [5.41, 5.74) is 4.21. The molecule has 21 heavy (non-hydrogen) atoms. The van der Waals surface area contributed by atoms with E-state index in [2.05, 4.69) is 27.7 Å². The van der Waals surface area contributed by atoms with Gasteiger partial charge in [0.1, 0.15) is 0 Å². The first-order valence-corrected chi connectivity index (χ1v) is 6.87. The van der Waals surface area contributed by atoms with E-state index in [1.165, 1.54) is 5.56 Å². The summed E-state index contributed by atoms with van der Waals surface area (Å²) in [5.74, 6) is 0. The van der Waals surface area contributed by atoms with Gasteiger partial charge in [0, 0.05) is 18.8 Å². The van der Waals surface area contributed by atoms with Gasteiger partial charge in [0.05, 0.1) is 35.5 Å². The molecule has 0 fully saturated rings. The van der Waals surface area contributed by atoms with Gasteiger partial charge in [0.25, 0.3) is 0 Å². The van der Waals surface area contributed by atoms with Crippen molar-refractivity contribution in [2.24, 2.45) is 7.05 Å². The van der Waals surface area contributed by atoms with Crippen molar-refractivity contribution >= 4 is 5.69 Å². The van der Waals surface area contributed by atoms with Crippen molar-refractivity contribution in [3.05, 3.63) is 54.1 Å². The Labute approximate surface area is 123 Å². The van der Waals surface area contributed by atoms with E-state index < -0.39 is 0 Å². The Kier molecular flexibility index (Phi) is 3.43. The molecule has 0 amide bonds. The highest BCUT2D eigenvalue weighted by Crippen LogP contribution is 2.25. The third-order valence-corrected chi connectivity index (χ3v) is 3.46. The lowest BCUT2D eigenvalue weighted by Gasteiger charge is -2.17. The number of para-hydroxylation sites is 2. The monoisotopic (exact) mass is 282 g/mol. The number of hydrogen-bond donors (Lipinski definition) is 1. The van der Waals surface area contributed by atoms with Crippen LogP contribution in [0.2, 0.25) is 0 Å². The van der Waals surface area contributed by atoms with Crippen molar-refractivity contribution in [3.63, 3.8) is 0 Å². The Bertz CT molecular complexity index is 728. The average molecular weight is 282 g/mol. The summed E-state index contributed by atoms with van der Waals surface area (Å²) in [5, 5.41) is 15.8. The fraction of sp³-hybridized carbons (Fsp3) is 0.267. The zero-order valence-electron chi connectivity index (χ0n) is 12.4. The summed E-state index contributed by atoms with van der Waals surface area (Å²) >= 11 is 0. The van der Waals surface area contributed by atoms with E-state index in [0.717, 1.165) is 17.1 Å². The highest BCUT2D eigenvalue weighted by Gasteiger charge is 2.13. The second kappa shape index (κ2) is 5.40. The number of aromatic nitrogens is 5. The maximum atomic E-state index is 4.40. The van der Waals surface area contributed by atoms with Crippen molar-refractivity contribution in [3.8, 4) is 5.69 Å². The molecule has 1 atom stereocenters. The summed E-state index contributed by atoms with van der Waals surface area (Å²) in [7, 11) is 1.94. The largest absolute Gasteiger partial charge is 0.377 e. The van der Waals surface area contributed by atoms with E-state index >= 15 is 0 Å². The van der Waals surface area contributed by atoms with E-state index in [1.807, 2.05) is 55.3 Å². The van der Waals surface area contributed by atoms with Crippen LogP contribution in [0.1, 0.15) is 24.2 Å². The number of nitrogens with zero attached hydrogens (tertiary/aromatic N) is 5. The molecule has 6 heteroatoms. The van der Waals surface area contributed by atoms with E-state index in [4.69, 9.17) is 0 Å². The summed E-state index contributed by atoms with van der Waals surface area (Å²) in [6, 6.07) is 8.20. The molecule has 0 bridgehead atoms. The first-order chi connectivity index (χ1) is 10.1. The van der Waals surface area contributed by atoms with Crippen LogP contribution in [0, 0.1) is 6.92 Å². The summed E-state index contributed by atoms with van der Waals surface area (Å²) < 4.78 is 3.59. The molecule has 3 aromatic rings. The molecular formula is C15H18N6. The van der Waals surface area contributed by atoms with Gasteiger partial charge < -0.3 is 5.32 Å². The fourth-order valence-electron chi connectivity index (χ4n) is 2.49. The highest BCUT2D eigenvalue weighted by atomic mass is 15.4. The van der Waals surface area contributed by atoms with E-state index in [9.17, 15) is 0 Å². The quantitative estimate of drug-likeness (QED) is 0.798. The topological polar surface area (TPSA) is 60.6 Å². The van der Waals surface area contributed by atoms with Crippen LogP contribution < -0.4 is 5.32 Å². The summed E-state index contributed by atoms with van der Waals surface area (Å²) in [6.45, 7) is 4.15. The Hall–Kier alpha value is -2.63. The minimum absolute atomic E-state index is 0.156. The maximum Gasteiger partial charge on any atom is 0.0894 e. The second-order valence-corrected chi connectivity index (χ2v) is 5.07. The predicted octanol–water partition coefficient (Wildman–Crippen LogP) is 2.48. The molecule has 1 aromatic carbocycles. The Morgan fingerprint density at radius 2 is 2.05 bits per heavy atom. The molecule has 2 aromatic heterocycles. The molecule has 0 saturated heterocycles. The Morgan fingerprint density at radius 3 is 2.71 bits per heavy atom. The van der Waals surface area contributed by atoms with Crippen LogP contribution in [-0.4, -0.2) is 24.8 Å². The van der Waals surface area contributed by atoms with Gasteiger partial charge in [-0.25, -0.2) is 4.68 Å². The average Bonchev–Trinajstić information content (AvgIpc) is 3.09. The minimum Gasteiger partial charge on any atom is -0.377 e. The maximum absolute atomic E-state index is 4.40. The van der Waals surface area contributed by atoms with Crippen molar-refractivity contribution in [2.45, 2.75) is 19.9 Å². The molecule has 0 aliphatic carbocycles. The Morgan fingerprint density at radius 1 is 1.24 bits per heavy atom. The molecule has 1 unspecified atom stereocenters. The van der Waals surface area contributed by atoms with Gasteiger partial charge in [0.2, 0.25) is 0 Å². The van der Waals surface area contributed by atoms with Crippen LogP contribution in [0.4, 0.5) is 5.69 Å². The van der Waals surface area contributed by atoms with Gasteiger partial charge in [-0.05, 0) is 26.0 Å². The number of nitrogens with one attached hydrogen (secondary N) is 1. The lowest BCUT2D eigenvalue weighted by Crippen LogP contribution is -2.10. The van der Waals surface area contributed by atoms with Crippen LogP contribution in [0.3, 0.4) is 0 Å². The Balaban J connectivity index is 1.90. The number of hydrogen-bond acceptors (Lipinski definition) is 4. The van der Waals surface area contributed by atoms with Crippen molar-refractivity contribution in [1.29, 1.82) is 0 Å². The minimum atomic E-state index is 0.156. The van der Waals surface area contributed by atoms with Crippen LogP contribution in [0.15, 0.2) is 42.9 Å². The first kappa shape index (κ1) is 13.4. The molecule has 0 aliphatic rings. The van der Waals surface area contributed by atoms with Gasteiger partial charge in [-0.1, -0.05) is 17.3 Å². The molecule has 0 saturated carbocycles. The lowest BCUT2D eigenvalue weighted by molar-refractivity contribution is 0.756. The SMILES string of the molecule is Cc1nn(C)cc1C(C)Nc1ccccc1-n1ccnn1. The van der Waals surface area contributed by atoms with Crippen molar-refractivity contribution < 1.29 is 0 Å². The third kappa shape index (κ3) is 2.65. The van der Waals surface area contributed by atoms with Gasteiger partial charge in [0.15, 0.2) is 0 Å². The third-order valence-electron chi connectivity index (χ3n) is 3.46. The molecule has 108 valence electrons. The molecule has 0 radical (unpaired) electrons. The van der Waals surface area contributed by atoms with E-state index in [1.54, 1.807) is 10.9 Å². The van der Waals surface area contributed by atoms with Gasteiger partial charge in [-0.2, -0.15) is 5.10 Å². The highest BCUT2D eigenvalue weighted by molar-refractivity contribution is 5.61. The normalized spacial score (nSPS) is 12.3. The van der Waals surface area contributed by atoms with E-state index in [0.29, 0.717) is 0 Å². The zero-order chi connectivity index (χ0) is 14.8. The molecule has 3 rings (SSSR count). The van der Waals surface area contributed by atoms with Crippen molar-refractivity contribution in [1.82, 2.24) is 24.8 Å². The molecule has 2 heterocycles. The predicted molar refractivity (Wildman–Crippen MR) is 81.3 cm³/mol. The first-order valence-electron chi connectivity index (χ1n) is 6.87.